The summed E-state index contributed by atoms with van der Waals surface area (Å²) in [5.41, 5.74) is 3.31. The SMILES string of the molecule is Cn1nc(-c2ccc(OCCCNCc3ccccc3)cc2F)c2ccc(Br)cc21. The number of rotatable bonds is 8. The van der Waals surface area contributed by atoms with Crippen molar-refractivity contribution in [2.45, 2.75) is 13.0 Å². The third-order valence-electron chi connectivity index (χ3n) is 4.95. The molecule has 0 saturated carbocycles. The Hall–Kier alpha value is -2.70. The summed E-state index contributed by atoms with van der Waals surface area (Å²) >= 11 is 3.47. The monoisotopic (exact) mass is 467 g/mol. The number of benzene rings is 3. The van der Waals surface area contributed by atoms with E-state index in [-0.39, 0.29) is 5.82 Å². The highest BCUT2D eigenvalue weighted by atomic mass is 79.9. The lowest BCUT2D eigenvalue weighted by Gasteiger charge is -2.09. The number of aromatic nitrogens is 2. The maximum absolute atomic E-state index is 14.8. The molecule has 4 rings (SSSR count). The smallest absolute Gasteiger partial charge is 0.136 e. The molecule has 30 heavy (non-hydrogen) atoms. The lowest BCUT2D eigenvalue weighted by molar-refractivity contribution is 0.306. The number of nitrogens with zero attached hydrogens (tertiary/aromatic N) is 2. The highest BCUT2D eigenvalue weighted by molar-refractivity contribution is 9.10. The Morgan fingerprint density at radius 1 is 1.07 bits per heavy atom. The topological polar surface area (TPSA) is 39.1 Å². The third-order valence-corrected chi connectivity index (χ3v) is 5.44. The van der Waals surface area contributed by atoms with Gasteiger partial charge in [-0.25, -0.2) is 4.39 Å². The van der Waals surface area contributed by atoms with Crippen molar-refractivity contribution in [1.82, 2.24) is 15.1 Å². The Balaban J connectivity index is 1.35. The third kappa shape index (κ3) is 4.71. The summed E-state index contributed by atoms with van der Waals surface area (Å²) in [6.45, 7) is 2.20. The van der Waals surface area contributed by atoms with E-state index < -0.39 is 0 Å². The molecule has 0 saturated heterocycles. The van der Waals surface area contributed by atoms with E-state index in [9.17, 15) is 4.39 Å². The van der Waals surface area contributed by atoms with Crippen LogP contribution < -0.4 is 10.1 Å². The van der Waals surface area contributed by atoms with Gasteiger partial charge < -0.3 is 10.1 Å². The van der Waals surface area contributed by atoms with Crippen molar-refractivity contribution in [3.8, 4) is 17.0 Å². The fraction of sp³-hybridized carbons (Fsp3) is 0.208. The van der Waals surface area contributed by atoms with Crippen molar-refractivity contribution in [3.05, 3.63) is 82.6 Å². The molecule has 0 fully saturated rings. The zero-order chi connectivity index (χ0) is 20.9. The predicted octanol–water partition coefficient (Wildman–Crippen LogP) is 5.70. The molecule has 0 unspecified atom stereocenters. The standard InChI is InChI=1S/C24H23BrFN3O/c1-29-23-14-18(25)8-10-21(23)24(28-29)20-11-9-19(15-22(20)26)30-13-5-12-27-16-17-6-3-2-4-7-17/h2-4,6-11,14-15,27H,5,12-13,16H2,1H3. The molecule has 0 radical (unpaired) electrons. The molecule has 0 aliphatic carbocycles. The Bertz CT molecular complexity index is 1140. The van der Waals surface area contributed by atoms with Crippen LogP contribution in [-0.2, 0) is 13.6 Å². The predicted molar refractivity (Wildman–Crippen MR) is 122 cm³/mol. The summed E-state index contributed by atoms with van der Waals surface area (Å²) in [6, 6.07) is 21.1. The van der Waals surface area contributed by atoms with Crippen LogP contribution in [0.2, 0.25) is 0 Å². The van der Waals surface area contributed by atoms with Crippen LogP contribution in [-0.4, -0.2) is 22.9 Å². The molecule has 6 heteroatoms. The van der Waals surface area contributed by atoms with Crippen molar-refractivity contribution in [1.29, 1.82) is 0 Å². The highest BCUT2D eigenvalue weighted by Crippen LogP contribution is 2.32. The zero-order valence-corrected chi connectivity index (χ0v) is 18.3. The van der Waals surface area contributed by atoms with Crippen LogP contribution in [0.4, 0.5) is 4.39 Å². The first kappa shape index (κ1) is 20.6. The minimum absolute atomic E-state index is 0.336. The van der Waals surface area contributed by atoms with Gasteiger partial charge in [-0.1, -0.05) is 46.3 Å². The van der Waals surface area contributed by atoms with Crippen LogP contribution in [0.3, 0.4) is 0 Å². The Morgan fingerprint density at radius 3 is 2.70 bits per heavy atom. The van der Waals surface area contributed by atoms with Gasteiger partial charge in [0.1, 0.15) is 17.3 Å². The first-order valence-corrected chi connectivity index (χ1v) is 10.7. The number of fused-ring (bicyclic) bond motifs is 1. The molecule has 0 aliphatic heterocycles. The van der Waals surface area contributed by atoms with Gasteiger partial charge in [0, 0.05) is 35.1 Å². The number of ether oxygens (including phenoxy) is 1. The van der Waals surface area contributed by atoms with Crippen molar-refractivity contribution in [3.63, 3.8) is 0 Å². The second-order valence-electron chi connectivity index (χ2n) is 7.14. The van der Waals surface area contributed by atoms with Crippen molar-refractivity contribution >= 4 is 26.8 Å². The van der Waals surface area contributed by atoms with Gasteiger partial charge in [0.25, 0.3) is 0 Å². The lowest BCUT2D eigenvalue weighted by Crippen LogP contribution is -2.16. The molecule has 1 aromatic heterocycles. The summed E-state index contributed by atoms with van der Waals surface area (Å²) in [6.07, 6.45) is 0.843. The molecule has 154 valence electrons. The fourth-order valence-corrected chi connectivity index (χ4v) is 3.77. The molecule has 1 heterocycles. The summed E-state index contributed by atoms with van der Waals surface area (Å²) in [5.74, 6) is 0.194. The van der Waals surface area contributed by atoms with Crippen molar-refractivity contribution in [2.24, 2.45) is 7.05 Å². The first-order chi connectivity index (χ1) is 14.6. The molecule has 0 aliphatic rings. The second-order valence-corrected chi connectivity index (χ2v) is 8.06. The molecule has 1 N–H and O–H groups in total. The van der Waals surface area contributed by atoms with E-state index in [1.807, 2.05) is 43.4 Å². The van der Waals surface area contributed by atoms with E-state index in [0.29, 0.717) is 23.6 Å². The van der Waals surface area contributed by atoms with E-state index in [0.717, 1.165) is 34.9 Å². The Labute approximate surface area is 183 Å². The van der Waals surface area contributed by atoms with Gasteiger partial charge in [-0.15, -0.1) is 0 Å². The number of hydrogen-bond acceptors (Lipinski definition) is 3. The first-order valence-electron chi connectivity index (χ1n) is 9.91. The van der Waals surface area contributed by atoms with Crippen LogP contribution in [0.5, 0.6) is 5.75 Å². The Kier molecular flexibility index (Phi) is 6.45. The van der Waals surface area contributed by atoms with E-state index in [4.69, 9.17) is 4.74 Å². The van der Waals surface area contributed by atoms with E-state index >= 15 is 0 Å². The van der Waals surface area contributed by atoms with Gasteiger partial charge in [-0.2, -0.15) is 5.10 Å². The minimum Gasteiger partial charge on any atom is -0.493 e. The normalized spacial score (nSPS) is 11.2. The summed E-state index contributed by atoms with van der Waals surface area (Å²) < 4.78 is 23.3. The molecular formula is C24H23BrFN3O. The van der Waals surface area contributed by atoms with Crippen LogP contribution in [0.25, 0.3) is 22.2 Å². The highest BCUT2D eigenvalue weighted by Gasteiger charge is 2.15. The van der Waals surface area contributed by atoms with E-state index in [2.05, 4.69) is 38.5 Å². The number of halogens is 2. The van der Waals surface area contributed by atoms with Crippen LogP contribution in [0, 0.1) is 5.82 Å². The van der Waals surface area contributed by atoms with Crippen molar-refractivity contribution in [2.75, 3.05) is 13.2 Å². The summed E-state index contributed by atoms with van der Waals surface area (Å²) in [4.78, 5) is 0. The molecule has 0 atom stereocenters. The Morgan fingerprint density at radius 2 is 1.90 bits per heavy atom. The number of nitrogens with one attached hydrogen (secondary N) is 1. The average molecular weight is 468 g/mol. The molecule has 4 nitrogen and oxygen atoms in total. The van der Waals surface area contributed by atoms with Crippen LogP contribution in [0.1, 0.15) is 12.0 Å². The molecule has 0 spiro atoms. The van der Waals surface area contributed by atoms with Gasteiger partial charge in [0.15, 0.2) is 0 Å². The molecule has 4 aromatic rings. The summed E-state index contributed by atoms with van der Waals surface area (Å²) in [5, 5.41) is 8.82. The number of aryl methyl sites for hydroxylation is 1. The minimum atomic E-state index is -0.336. The maximum atomic E-state index is 14.8. The second kappa shape index (κ2) is 9.41. The molecule has 0 bridgehead atoms. The zero-order valence-electron chi connectivity index (χ0n) is 16.7. The number of hydrogen-bond donors (Lipinski definition) is 1. The van der Waals surface area contributed by atoms with Gasteiger partial charge in [0.05, 0.1) is 12.1 Å². The molecule has 3 aromatic carbocycles. The van der Waals surface area contributed by atoms with E-state index in [1.165, 1.54) is 11.6 Å². The van der Waals surface area contributed by atoms with Gasteiger partial charge >= 0.3 is 0 Å². The quantitative estimate of drug-likeness (QED) is 0.337. The van der Waals surface area contributed by atoms with Gasteiger partial charge in [-0.3, -0.25) is 4.68 Å². The maximum Gasteiger partial charge on any atom is 0.136 e. The molecule has 0 amide bonds. The summed E-state index contributed by atoms with van der Waals surface area (Å²) in [7, 11) is 1.86. The lowest BCUT2D eigenvalue weighted by atomic mass is 10.1. The van der Waals surface area contributed by atoms with Crippen LogP contribution in [0.15, 0.2) is 71.2 Å². The van der Waals surface area contributed by atoms with Gasteiger partial charge in [0.2, 0.25) is 0 Å². The van der Waals surface area contributed by atoms with Crippen LogP contribution >= 0.6 is 15.9 Å². The average Bonchev–Trinajstić information content (AvgIpc) is 3.07. The largest absolute Gasteiger partial charge is 0.493 e. The van der Waals surface area contributed by atoms with Crippen molar-refractivity contribution < 1.29 is 9.13 Å². The van der Waals surface area contributed by atoms with E-state index in [1.54, 1.807) is 16.8 Å². The molecular weight excluding hydrogens is 445 g/mol. The van der Waals surface area contributed by atoms with Gasteiger partial charge in [-0.05, 0) is 48.9 Å². The fourth-order valence-electron chi connectivity index (χ4n) is 3.42.